The van der Waals surface area contributed by atoms with E-state index in [1.807, 2.05) is 37.3 Å². The number of aromatic hydroxyl groups is 1. The number of rotatable bonds is 8. The minimum atomic E-state index is -0.450. The Morgan fingerprint density at radius 2 is 1.74 bits per heavy atom. The molecule has 0 aromatic heterocycles. The molecule has 0 fully saturated rings. The third kappa shape index (κ3) is 6.77. The van der Waals surface area contributed by atoms with Gasteiger partial charge in [-0.05, 0) is 44.4 Å². The maximum atomic E-state index is 12.4. The van der Waals surface area contributed by atoms with Crippen LogP contribution in [0.5, 0.6) is 5.75 Å². The first-order chi connectivity index (χ1) is 12.8. The van der Waals surface area contributed by atoms with Crippen molar-refractivity contribution in [2.24, 2.45) is 0 Å². The van der Waals surface area contributed by atoms with Gasteiger partial charge in [0.05, 0.1) is 18.6 Å². The fourth-order valence-electron chi connectivity index (χ4n) is 2.77. The van der Waals surface area contributed by atoms with Gasteiger partial charge in [0.1, 0.15) is 5.75 Å². The number of nitrogens with one attached hydrogen (secondary N) is 1. The number of hydrogen-bond donors (Lipinski definition) is 2. The maximum Gasteiger partial charge on any atom is 0.308 e. The summed E-state index contributed by atoms with van der Waals surface area (Å²) < 4.78 is 5.23. The molecular weight excluding hydrogens is 342 g/mol. The van der Waals surface area contributed by atoms with E-state index in [-0.39, 0.29) is 36.6 Å². The van der Waals surface area contributed by atoms with Gasteiger partial charge < -0.3 is 15.2 Å². The molecular formula is C22H27NO4. The molecule has 2 N–H and O–H groups in total. The molecule has 0 aliphatic heterocycles. The van der Waals surface area contributed by atoms with E-state index in [1.54, 1.807) is 32.0 Å². The second-order valence-electron chi connectivity index (χ2n) is 6.90. The summed E-state index contributed by atoms with van der Waals surface area (Å²) in [6.07, 6.45) is 0.520. The number of carbonyl (C=O) groups excluding carboxylic acids is 2. The molecule has 2 rings (SSSR count). The predicted octanol–water partition coefficient (Wildman–Crippen LogP) is 3.83. The van der Waals surface area contributed by atoms with Gasteiger partial charge in [0.25, 0.3) is 0 Å². The number of hydrogen-bond acceptors (Lipinski definition) is 4. The number of phenolic OH excluding ortho intramolecular Hbond substituents is 1. The molecule has 0 saturated carbocycles. The van der Waals surface area contributed by atoms with Gasteiger partial charge in [0, 0.05) is 6.42 Å². The topological polar surface area (TPSA) is 75.6 Å². The van der Waals surface area contributed by atoms with Crippen molar-refractivity contribution < 1.29 is 19.4 Å². The lowest BCUT2D eigenvalue weighted by Gasteiger charge is -2.20. The monoisotopic (exact) mass is 369 g/mol. The van der Waals surface area contributed by atoms with E-state index in [0.29, 0.717) is 6.42 Å². The van der Waals surface area contributed by atoms with Crippen LogP contribution in [0.25, 0.3) is 0 Å². The Morgan fingerprint density at radius 3 is 2.37 bits per heavy atom. The number of phenols is 1. The number of esters is 1. The molecule has 0 radical (unpaired) electrons. The maximum absolute atomic E-state index is 12.4. The molecule has 5 heteroatoms. The van der Waals surface area contributed by atoms with Gasteiger partial charge in [-0.1, -0.05) is 48.0 Å². The van der Waals surface area contributed by atoms with E-state index in [9.17, 15) is 14.7 Å². The van der Waals surface area contributed by atoms with Crippen LogP contribution in [0.3, 0.4) is 0 Å². The fourth-order valence-corrected chi connectivity index (χ4v) is 2.77. The summed E-state index contributed by atoms with van der Waals surface area (Å²) in [5.74, 6) is -0.348. The minimum absolute atomic E-state index is 0.0730. The van der Waals surface area contributed by atoms with Gasteiger partial charge in [-0.3, -0.25) is 9.59 Å². The van der Waals surface area contributed by atoms with Crippen LogP contribution >= 0.6 is 0 Å². The fraction of sp³-hybridized carbons (Fsp3) is 0.364. The number of benzene rings is 2. The summed E-state index contributed by atoms with van der Waals surface area (Å²) in [5, 5.41) is 12.7. The standard InChI is InChI=1S/C22H27NO4/c1-15(2)27-22(26)14-19(17-10-8-16(3)9-11-17)23-21(25)13-12-18-6-4-5-7-20(18)24/h4-11,15,19,24H,12-14H2,1-3H3,(H,23,25). The molecule has 0 spiro atoms. The van der Waals surface area contributed by atoms with Crippen LogP contribution in [0, 0.1) is 6.92 Å². The molecule has 5 nitrogen and oxygen atoms in total. The number of amides is 1. The van der Waals surface area contributed by atoms with Crippen LogP contribution in [0.4, 0.5) is 0 Å². The van der Waals surface area contributed by atoms with E-state index >= 15 is 0 Å². The summed E-state index contributed by atoms with van der Waals surface area (Å²) in [6, 6.07) is 14.2. The second kappa shape index (κ2) is 9.76. The molecule has 2 aromatic carbocycles. The lowest BCUT2D eigenvalue weighted by atomic mass is 10.0. The summed E-state index contributed by atoms with van der Waals surface area (Å²) in [6.45, 7) is 5.57. The normalized spacial score (nSPS) is 11.9. The van der Waals surface area contributed by atoms with Crippen molar-refractivity contribution in [3.05, 3.63) is 65.2 Å². The number of ether oxygens (including phenoxy) is 1. The Balaban J connectivity index is 2.03. The van der Waals surface area contributed by atoms with E-state index < -0.39 is 6.04 Å². The van der Waals surface area contributed by atoms with Gasteiger partial charge in [-0.2, -0.15) is 0 Å². The molecule has 1 atom stereocenters. The summed E-state index contributed by atoms with van der Waals surface area (Å²) in [7, 11) is 0. The van der Waals surface area contributed by atoms with Crippen molar-refractivity contribution in [3.63, 3.8) is 0 Å². The molecule has 0 heterocycles. The smallest absolute Gasteiger partial charge is 0.308 e. The minimum Gasteiger partial charge on any atom is -0.508 e. The first-order valence-electron chi connectivity index (χ1n) is 9.17. The Morgan fingerprint density at radius 1 is 1.07 bits per heavy atom. The summed E-state index contributed by atoms with van der Waals surface area (Å²) in [4.78, 5) is 24.5. The summed E-state index contributed by atoms with van der Waals surface area (Å²) in [5.41, 5.74) is 2.68. The second-order valence-corrected chi connectivity index (χ2v) is 6.90. The Labute approximate surface area is 160 Å². The predicted molar refractivity (Wildman–Crippen MR) is 104 cm³/mol. The highest BCUT2D eigenvalue weighted by Crippen LogP contribution is 2.20. The van der Waals surface area contributed by atoms with Crippen molar-refractivity contribution in [1.29, 1.82) is 0 Å². The largest absolute Gasteiger partial charge is 0.508 e. The van der Waals surface area contributed by atoms with Gasteiger partial charge in [-0.15, -0.1) is 0 Å². The lowest BCUT2D eigenvalue weighted by molar-refractivity contribution is -0.148. The Bertz CT molecular complexity index is 768. The SMILES string of the molecule is Cc1ccc(C(CC(=O)OC(C)C)NC(=O)CCc2ccccc2O)cc1. The molecule has 2 aromatic rings. The van der Waals surface area contributed by atoms with Crippen molar-refractivity contribution in [3.8, 4) is 5.75 Å². The highest BCUT2D eigenvalue weighted by molar-refractivity contribution is 5.78. The zero-order valence-electron chi connectivity index (χ0n) is 16.1. The average Bonchev–Trinajstić information content (AvgIpc) is 2.60. The van der Waals surface area contributed by atoms with Gasteiger partial charge >= 0.3 is 5.97 Å². The van der Waals surface area contributed by atoms with Crippen molar-refractivity contribution in [1.82, 2.24) is 5.32 Å². The molecule has 1 unspecified atom stereocenters. The van der Waals surface area contributed by atoms with Gasteiger partial charge in [-0.25, -0.2) is 0 Å². The molecule has 27 heavy (non-hydrogen) atoms. The van der Waals surface area contributed by atoms with Crippen molar-refractivity contribution in [2.45, 2.75) is 52.2 Å². The first-order valence-corrected chi connectivity index (χ1v) is 9.17. The molecule has 144 valence electrons. The van der Waals surface area contributed by atoms with Crippen LogP contribution in [-0.2, 0) is 20.7 Å². The first kappa shape index (κ1) is 20.5. The highest BCUT2D eigenvalue weighted by Gasteiger charge is 2.20. The quantitative estimate of drug-likeness (QED) is 0.694. The van der Waals surface area contributed by atoms with E-state index in [4.69, 9.17) is 4.74 Å². The van der Waals surface area contributed by atoms with Crippen LogP contribution in [0.2, 0.25) is 0 Å². The van der Waals surface area contributed by atoms with E-state index in [2.05, 4.69) is 5.32 Å². The van der Waals surface area contributed by atoms with Crippen molar-refractivity contribution in [2.75, 3.05) is 0 Å². The molecule has 0 aliphatic carbocycles. The number of para-hydroxylation sites is 1. The third-order valence-corrected chi connectivity index (χ3v) is 4.17. The van der Waals surface area contributed by atoms with Crippen LogP contribution in [-0.4, -0.2) is 23.1 Å². The molecule has 1 amide bonds. The van der Waals surface area contributed by atoms with Crippen LogP contribution in [0.15, 0.2) is 48.5 Å². The van der Waals surface area contributed by atoms with E-state index in [1.165, 1.54) is 0 Å². The van der Waals surface area contributed by atoms with Gasteiger partial charge in [0.2, 0.25) is 5.91 Å². The summed E-state index contributed by atoms with van der Waals surface area (Å²) >= 11 is 0. The Hall–Kier alpha value is -2.82. The molecule has 0 bridgehead atoms. The highest BCUT2D eigenvalue weighted by atomic mass is 16.5. The number of carbonyl (C=O) groups is 2. The molecule has 0 saturated heterocycles. The average molecular weight is 369 g/mol. The zero-order chi connectivity index (χ0) is 19.8. The third-order valence-electron chi connectivity index (χ3n) is 4.17. The lowest BCUT2D eigenvalue weighted by Crippen LogP contribution is -2.31. The van der Waals surface area contributed by atoms with Crippen LogP contribution in [0.1, 0.15) is 49.4 Å². The Kier molecular flexibility index (Phi) is 7.41. The molecule has 0 aliphatic rings. The number of aryl methyl sites for hydroxylation is 2. The van der Waals surface area contributed by atoms with Crippen LogP contribution < -0.4 is 5.32 Å². The van der Waals surface area contributed by atoms with Crippen molar-refractivity contribution >= 4 is 11.9 Å². The zero-order valence-corrected chi connectivity index (χ0v) is 16.1. The van der Waals surface area contributed by atoms with Gasteiger partial charge in [0.15, 0.2) is 0 Å². The van der Waals surface area contributed by atoms with E-state index in [0.717, 1.165) is 16.7 Å².